The number of nitrogens with zero attached hydrogens (tertiary/aromatic N) is 1. The third kappa shape index (κ3) is 3.82. The van der Waals surface area contributed by atoms with Gasteiger partial charge in [0.1, 0.15) is 12.7 Å². The summed E-state index contributed by atoms with van der Waals surface area (Å²) >= 11 is 12.2. The lowest BCUT2D eigenvalue weighted by Gasteiger charge is -2.44. The molecule has 0 spiro atoms. The Morgan fingerprint density at radius 2 is 1.88 bits per heavy atom. The molecule has 4 nitrogen and oxygen atoms in total. The summed E-state index contributed by atoms with van der Waals surface area (Å²) in [5, 5.41) is 10.9. The molecule has 0 radical (unpaired) electrons. The minimum Gasteiger partial charge on any atom is -0.394 e. The van der Waals surface area contributed by atoms with Crippen LogP contribution in [0.2, 0.25) is 10.0 Å². The number of carbonyl (C=O) groups is 1. The number of rotatable bonds is 4. The van der Waals surface area contributed by atoms with Crippen LogP contribution < -0.4 is 0 Å². The Morgan fingerprint density at radius 1 is 1.16 bits per heavy atom. The summed E-state index contributed by atoms with van der Waals surface area (Å²) in [5.74, 6) is -0.153. The highest BCUT2D eigenvalue weighted by molar-refractivity contribution is 6.30. The number of aliphatic hydroxyl groups is 1. The maximum absolute atomic E-state index is 12.5. The van der Waals surface area contributed by atoms with Crippen LogP contribution in [-0.2, 0) is 9.53 Å². The number of aliphatic hydroxyl groups excluding tert-OH is 1. The molecule has 2 aromatic rings. The minimum atomic E-state index is -0.383. The van der Waals surface area contributed by atoms with E-state index < -0.39 is 0 Å². The van der Waals surface area contributed by atoms with Crippen LogP contribution in [0.1, 0.15) is 30.2 Å². The van der Waals surface area contributed by atoms with E-state index in [9.17, 15) is 9.90 Å². The van der Waals surface area contributed by atoms with Crippen LogP contribution in [0, 0.1) is 0 Å². The van der Waals surface area contributed by atoms with Gasteiger partial charge in [0.15, 0.2) is 0 Å². The van der Waals surface area contributed by atoms with Crippen molar-refractivity contribution in [1.29, 1.82) is 0 Å². The third-order valence-electron chi connectivity index (χ3n) is 4.39. The quantitative estimate of drug-likeness (QED) is 0.872. The molecule has 0 saturated carbocycles. The molecule has 1 unspecified atom stereocenters. The van der Waals surface area contributed by atoms with Gasteiger partial charge in [-0.25, -0.2) is 0 Å². The first-order chi connectivity index (χ1) is 12.0. The minimum absolute atomic E-state index is 0.0361. The summed E-state index contributed by atoms with van der Waals surface area (Å²) in [6, 6.07) is 14.0. The van der Waals surface area contributed by atoms with Gasteiger partial charge in [-0.15, -0.1) is 0 Å². The normalized spacial score (nSPS) is 22.1. The molecule has 1 saturated heterocycles. The fraction of sp³-hybridized carbons (Fsp3) is 0.316. The average Bonchev–Trinajstić information content (AvgIpc) is 2.61. The molecule has 1 fully saturated rings. The number of amides is 1. The number of carbonyl (C=O) groups excluding carboxylic acids is 1. The molecule has 3 rings (SSSR count). The van der Waals surface area contributed by atoms with E-state index in [1.807, 2.05) is 37.3 Å². The summed E-state index contributed by atoms with van der Waals surface area (Å²) in [5.41, 5.74) is 1.78. The van der Waals surface area contributed by atoms with Gasteiger partial charge in [-0.05, 0) is 42.3 Å². The molecule has 6 heteroatoms. The molecule has 1 aliphatic heterocycles. The van der Waals surface area contributed by atoms with Crippen LogP contribution in [0.5, 0.6) is 0 Å². The lowest BCUT2D eigenvalue weighted by atomic mass is 9.91. The Morgan fingerprint density at radius 3 is 2.52 bits per heavy atom. The Bertz CT molecular complexity index is 751. The van der Waals surface area contributed by atoms with Crippen molar-refractivity contribution in [1.82, 2.24) is 4.90 Å². The lowest BCUT2D eigenvalue weighted by Crippen LogP contribution is -2.51. The monoisotopic (exact) mass is 379 g/mol. The second-order valence-electron chi connectivity index (χ2n) is 6.12. The van der Waals surface area contributed by atoms with Crippen molar-refractivity contribution in [3.8, 4) is 0 Å². The van der Waals surface area contributed by atoms with Gasteiger partial charge in [0.05, 0.1) is 18.7 Å². The summed E-state index contributed by atoms with van der Waals surface area (Å²) in [6.07, 6.45) is -0.383. The van der Waals surface area contributed by atoms with Gasteiger partial charge in [-0.2, -0.15) is 0 Å². The predicted molar refractivity (Wildman–Crippen MR) is 97.7 cm³/mol. The predicted octanol–water partition coefficient (Wildman–Crippen LogP) is 4.02. The van der Waals surface area contributed by atoms with Crippen molar-refractivity contribution in [2.45, 2.75) is 25.1 Å². The van der Waals surface area contributed by atoms with Gasteiger partial charge in [0.25, 0.3) is 0 Å². The Kier molecular flexibility index (Phi) is 5.64. The molecule has 132 valence electrons. The van der Waals surface area contributed by atoms with E-state index in [0.717, 1.165) is 11.1 Å². The fourth-order valence-corrected chi connectivity index (χ4v) is 3.52. The lowest BCUT2D eigenvalue weighted by molar-refractivity contribution is -0.164. The molecule has 25 heavy (non-hydrogen) atoms. The molecule has 2 aromatic carbocycles. The van der Waals surface area contributed by atoms with Crippen molar-refractivity contribution in [2.75, 3.05) is 13.2 Å². The number of benzene rings is 2. The molecule has 0 aromatic heterocycles. The van der Waals surface area contributed by atoms with Gasteiger partial charge in [0, 0.05) is 10.0 Å². The van der Waals surface area contributed by atoms with Crippen LogP contribution in [0.4, 0.5) is 0 Å². The number of ether oxygens (including phenoxy) is 1. The molecule has 3 atom stereocenters. The molecule has 0 aliphatic carbocycles. The number of hydrogen-bond donors (Lipinski definition) is 1. The SMILES string of the molecule is C[C@@H](CO)N1C(=O)CO[C@H](c2cccc(Cl)c2)C1c1ccc(Cl)cc1. The Balaban J connectivity index is 2.08. The van der Waals surface area contributed by atoms with Crippen LogP contribution >= 0.6 is 23.2 Å². The molecule has 1 N–H and O–H groups in total. The van der Waals surface area contributed by atoms with Crippen molar-refractivity contribution < 1.29 is 14.6 Å². The number of halogens is 2. The van der Waals surface area contributed by atoms with Gasteiger partial charge in [0.2, 0.25) is 5.91 Å². The van der Waals surface area contributed by atoms with Crippen LogP contribution in [0.15, 0.2) is 48.5 Å². The zero-order chi connectivity index (χ0) is 18.0. The third-order valence-corrected chi connectivity index (χ3v) is 4.88. The topological polar surface area (TPSA) is 49.8 Å². The van der Waals surface area contributed by atoms with E-state index in [1.54, 1.807) is 23.1 Å². The van der Waals surface area contributed by atoms with Crippen molar-refractivity contribution in [3.63, 3.8) is 0 Å². The second-order valence-corrected chi connectivity index (χ2v) is 6.99. The van der Waals surface area contributed by atoms with E-state index in [0.29, 0.717) is 10.0 Å². The number of morpholine rings is 1. The first kappa shape index (κ1) is 18.2. The summed E-state index contributed by atoms with van der Waals surface area (Å²) in [4.78, 5) is 14.2. The van der Waals surface area contributed by atoms with Crippen LogP contribution in [0.3, 0.4) is 0 Å². The van der Waals surface area contributed by atoms with Gasteiger partial charge >= 0.3 is 0 Å². The molecule has 0 bridgehead atoms. The Labute approximate surface area is 156 Å². The first-order valence-electron chi connectivity index (χ1n) is 8.06. The maximum Gasteiger partial charge on any atom is 0.249 e. The van der Waals surface area contributed by atoms with E-state index in [-0.39, 0.29) is 37.3 Å². The highest BCUT2D eigenvalue weighted by atomic mass is 35.5. The highest BCUT2D eigenvalue weighted by Crippen LogP contribution is 2.41. The zero-order valence-corrected chi connectivity index (χ0v) is 15.2. The van der Waals surface area contributed by atoms with Crippen molar-refractivity contribution in [2.24, 2.45) is 0 Å². The smallest absolute Gasteiger partial charge is 0.249 e. The molecule has 1 heterocycles. The van der Waals surface area contributed by atoms with E-state index in [4.69, 9.17) is 27.9 Å². The van der Waals surface area contributed by atoms with E-state index in [2.05, 4.69) is 0 Å². The summed E-state index contributed by atoms with van der Waals surface area (Å²) in [7, 11) is 0. The zero-order valence-electron chi connectivity index (χ0n) is 13.7. The van der Waals surface area contributed by atoms with E-state index in [1.165, 1.54) is 0 Å². The molecule has 1 aliphatic rings. The molecule has 1 amide bonds. The summed E-state index contributed by atoms with van der Waals surface area (Å²) in [6.45, 7) is 1.66. The largest absolute Gasteiger partial charge is 0.394 e. The highest BCUT2D eigenvalue weighted by Gasteiger charge is 2.40. The van der Waals surface area contributed by atoms with Crippen molar-refractivity contribution >= 4 is 29.1 Å². The summed E-state index contributed by atoms with van der Waals surface area (Å²) < 4.78 is 5.89. The van der Waals surface area contributed by atoms with Crippen molar-refractivity contribution in [3.05, 3.63) is 69.7 Å². The van der Waals surface area contributed by atoms with Gasteiger partial charge in [-0.1, -0.05) is 47.5 Å². The molecular formula is C19H19Cl2NO3. The maximum atomic E-state index is 12.5. The van der Waals surface area contributed by atoms with Crippen LogP contribution in [0.25, 0.3) is 0 Å². The van der Waals surface area contributed by atoms with Gasteiger partial charge < -0.3 is 14.7 Å². The van der Waals surface area contributed by atoms with E-state index >= 15 is 0 Å². The standard InChI is InChI=1S/C19H19Cl2NO3/c1-12(10-23)22-17(24)11-25-19(14-3-2-4-16(21)9-14)18(22)13-5-7-15(20)8-6-13/h2-9,12,18-19,23H,10-11H2,1H3/t12-,18?,19+/m0/s1. The average molecular weight is 380 g/mol. The molecular weight excluding hydrogens is 361 g/mol. The van der Waals surface area contributed by atoms with Gasteiger partial charge in [-0.3, -0.25) is 4.79 Å². The second kappa shape index (κ2) is 7.75. The number of hydrogen-bond acceptors (Lipinski definition) is 3. The van der Waals surface area contributed by atoms with Crippen LogP contribution in [-0.4, -0.2) is 35.2 Å². The first-order valence-corrected chi connectivity index (χ1v) is 8.81. The Hall–Kier alpha value is -1.59. The fourth-order valence-electron chi connectivity index (χ4n) is 3.19.